The van der Waals surface area contributed by atoms with Crippen LogP contribution in [0.2, 0.25) is 0 Å². The molecule has 0 fully saturated rings. The van der Waals surface area contributed by atoms with Crippen LogP contribution in [0.25, 0.3) is 0 Å². The number of hydrogen-bond donors (Lipinski definition) is 2. The van der Waals surface area contributed by atoms with Gasteiger partial charge < -0.3 is 10.6 Å². The molecule has 0 atom stereocenters. The standard InChI is InChI=1S/C12H14F3N5/c1-16-10-5-8(12(13,14)15)6-11(19-10)17-7-9-3-4-18-20(9)2/h3-6H,7H2,1-2H3,(H2,16,17,19). The Morgan fingerprint density at radius 2 is 1.95 bits per heavy atom. The second kappa shape index (κ2) is 5.40. The van der Waals surface area contributed by atoms with E-state index >= 15 is 0 Å². The maximum Gasteiger partial charge on any atom is 0.416 e. The van der Waals surface area contributed by atoms with Gasteiger partial charge in [0.05, 0.1) is 17.8 Å². The molecule has 2 aromatic rings. The van der Waals surface area contributed by atoms with Crippen molar-refractivity contribution in [3.05, 3.63) is 35.7 Å². The molecule has 0 aromatic carbocycles. The van der Waals surface area contributed by atoms with Crippen LogP contribution >= 0.6 is 0 Å². The first kappa shape index (κ1) is 14.2. The zero-order valence-electron chi connectivity index (χ0n) is 11.0. The molecule has 20 heavy (non-hydrogen) atoms. The third-order valence-electron chi connectivity index (χ3n) is 2.78. The second-order valence-electron chi connectivity index (χ2n) is 4.17. The largest absolute Gasteiger partial charge is 0.416 e. The molecule has 0 spiro atoms. The Kier molecular flexibility index (Phi) is 3.82. The Hall–Kier alpha value is -2.25. The van der Waals surface area contributed by atoms with Crippen LogP contribution in [0, 0.1) is 0 Å². The summed E-state index contributed by atoms with van der Waals surface area (Å²) >= 11 is 0. The molecule has 0 unspecified atom stereocenters. The van der Waals surface area contributed by atoms with E-state index in [0.717, 1.165) is 17.8 Å². The minimum absolute atomic E-state index is 0.158. The minimum Gasteiger partial charge on any atom is -0.373 e. The summed E-state index contributed by atoms with van der Waals surface area (Å²) in [6.07, 6.45) is -2.78. The van der Waals surface area contributed by atoms with Crippen LogP contribution < -0.4 is 10.6 Å². The maximum atomic E-state index is 12.8. The number of hydrogen-bond acceptors (Lipinski definition) is 4. The van der Waals surface area contributed by atoms with E-state index in [2.05, 4.69) is 20.7 Å². The van der Waals surface area contributed by atoms with Gasteiger partial charge in [-0.15, -0.1) is 0 Å². The summed E-state index contributed by atoms with van der Waals surface area (Å²) in [5, 5.41) is 9.46. The molecular formula is C12H14F3N5. The highest BCUT2D eigenvalue weighted by atomic mass is 19.4. The molecule has 0 radical (unpaired) electrons. The molecule has 0 aliphatic carbocycles. The maximum absolute atomic E-state index is 12.8. The summed E-state index contributed by atoms with van der Waals surface area (Å²) in [5.74, 6) is 0.317. The lowest BCUT2D eigenvalue weighted by Gasteiger charge is -2.12. The first-order valence-corrected chi connectivity index (χ1v) is 5.88. The van der Waals surface area contributed by atoms with Crippen molar-refractivity contribution >= 4 is 11.6 Å². The SMILES string of the molecule is CNc1cc(C(F)(F)F)cc(NCc2ccnn2C)n1. The number of nitrogens with one attached hydrogen (secondary N) is 2. The molecule has 2 rings (SSSR count). The van der Waals surface area contributed by atoms with E-state index < -0.39 is 11.7 Å². The summed E-state index contributed by atoms with van der Waals surface area (Å²) < 4.78 is 39.9. The molecular weight excluding hydrogens is 271 g/mol. The van der Waals surface area contributed by atoms with E-state index in [1.54, 1.807) is 24.0 Å². The molecule has 0 aliphatic rings. The lowest BCUT2D eigenvalue weighted by Crippen LogP contribution is -2.11. The predicted octanol–water partition coefficient (Wildman–Crippen LogP) is 2.49. The number of anilines is 2. The van der Waals surface area contributed by atoms with E-state index in [4.69, 9.17) is 0 Å². The summed E-state index contributed by atoms with van der Waals surface area (Å²) in [4.78, 5) is 4.04. The van der Waals surface area contributed by atoms with Crippen LogP contribution in [0.5, 0.6) is 0 Å². The van der Waals surface area contributed by atoms with Gasteiger partial charge in [-0.1, -0.05) is 0 Å². The number of aromatic nitrogens is 3. The van der Waals surface area contributed by atoms with Crippen LogP contribution in [0.4, 0.5) is 24.8 Å². The quantitative estimate of drug-likeness (QED) is 0.906. The highest BCUT2D eigenvalue weighted by molar-refractivity contribution is 5.49. The smallest absolute Gasteiger partial charge is 0.373 e. The summed E-state index contributed by atoms with van der Waals surface area (Å²) in [6.45, 7) is 0.341. The van der Waals surface area contributed by atoms with Gasteiger partial charge in [-0.25, -0.2) is 4.98 Å². The van der Waals surface area contributed by atoms with Crippen molar-refractivity contribution in [1.29, 1.82) is 0 Å². The van der Waals surface area contributed by atoms with Gasteiger partial charge in [0.25, 0.3) is 0 Å². The van der Waals surface area contributed by atoms with Crippen LogP contribution in [0.1, 0.15) is 11.3 Å². The summed E-state index contributed by atoms with van der Waals surface area (Å²) in [6, 6.07) is 3.73. The van der Waals surface area contributed by atoms with Crippen molar-refractivity contribution in [3.8, 4) is 0 Å². The normalized spacial score (nSPS) is 11.4. The fraction of sp³-hybridized carbons (Fsp3) is 0.333. The van der Waals surface area contributed by atoms with Gasteiger partial charge in [-0.3, -0.25) is 4.68 Å². The molecule has 0 saturated carbocycles. The molecule has 5 nitrogen and oxygen atoms in total. The van der Waals surface area contributed by atoms with Gasteiger partial charge in [0.15, 0.2) is 0 Å². The van der Waals surface area contributed by atoms with Crippen molar-refractivity contribution in [2.24, 2.45) is 7.05 Å². The monoisotopic (exact) mass is 285 g/mol. The van der Waals surface area contributed by atoms with E-state index in [0.29, 0.717) is 6.54 Å². The number of pyridine rings is 1. The van der Waals surface area contributed by atoms with E-state index in [1.165, 1.54) is 7.05 Å². The van der Waals surface area contributed by atoms with Crippen molar-refractivity contribution < 1.29 is 13.2 Å². The Labute approximate surface area is 113 Å². The van der Waals surface area contributed by atoms with Crippen molar-refractivity contribution in [2.45, 2.75) is 12.7 Å². The van der Waals surface area contributed by atoms with Crippen LogP contribution in [0.3, 0.4) is 0 Å². The van der Waals surface area contributed by atoms with Gasteiger partial charge >= 0.3 is 6.18 Å². The lowest BCUT2D eigenvalue weighted by atomic mass is 10.2. The summed E-state index contributed by atoms with van der Waals surface area (Å²) in [5.41, 5.74) is 0.0968. The highest BCUT2D eigenvalue weighted by Crippen LogP contribution is 2.32. The first-order chi connectivity index (χ1) is 9.40. The molecule has 0 saturated heterocycles. The molecule has 0 amide bonds. The number of alkyl halides is 3. The average molecular weight is 285 g/mol. The summed E-state index contributed by atoms with van der Waals surface area (Å²) in [7, 11) is 3.28. The second-order valence-corrected chi connectivity index (χ2v) is 4.17. The fourth-order valence-corrected chi connectivity index (χ4v) is 1.67. The van der Waals surface area contributed by atoms with Crippen LogP contribution in [-0.4, -0.2) is 21.8 Å². The Bertz CT molecular complexity index is 591. The third kappa shape index (κ3) is 3.19. The number of aryl methyl sites for hydroxylation is 1. The van der Waals surface area contributed by atoms with Gasteiger partial charge in [0, 0.05) is 20.3 Å². The first-order valence-electron chi connectivity index (χ1n) is 5.88. The fourth-order valence-electron chi connectivity index (χ4n) is 1.67. The van der Waals surface area contributed by atoms with Gasteiger partial charge in [0.2, 0.25) is 0 Å². The number of rotatable bonds is 4. The van der Waals surface area contributed by atoms with Crippen LogP contribution in [0.15, 0.2) is 24.4 Å². The van der Waals surface area contributed by atoms with Crippen molar-refractivity contribution in [3.63, 3.8) is 0 Å². The van der Waals surface area contributed by atoms with E-state index in [1.807, 2.05) is 0 Å². The van der Waals surface area contributed by atoms with Gasteiger partial charge in [-0.2, -0.15) is 18.3 Å². The van der Waals surface area contributed by atoms with Gasteiger partial charge in [0.1, 0.15) is 11.6 Å². The third-order valence-corrected chi connectivity index (χ3v) is 2.78. The van der Waals surface area contributed by atoms with Crippen molar-refractivity contribution in [2.75, 3.05) is 17.7 Å². The lowest BCUT2D eigenvalue weighted by molar-refractivity contribution is -0.137. The molecule has 2 heterocycles. The van der Waals surface area contributed by atoms with E-state index in [9.17, 15) is 13.2 Å². The number of nitrogens with zero attached hydrogens (tertiary/aromatic N) is 3. The van der Waals surface area contributed by atoms with Crippen molar-refractivity contribution in [1.82, 2.24) is 14.8 Å². The zero-order valence-corrected chi connectivity index (χ0v) is 11.0. The Balaban J connectivity index is 2.21. The zero-order chi connectivity index (χ0) is 14.8. The molecule has 2 N–H and O–H groups in total. The molecule has 2 aromatic heterocycles. The average Bonchev–Trinajstić information content (AvgIpc) is 2.80. The number of halogens is 3. The predicted molar refractivity (Wildman–Crippen MR) is 69.3 cm³/mol. The van der Waals surface area contributed by atoms with Crippen LogP contribution in [-0.2, 0) is 19.8 Å². The highest BCUT2D eigenvalue weighted by Gasteiger charge is 2.31. The Morgan fingerprint density at radius 3 is 2.50 bits per heavy atom. The minimum atomic E-state index is -4.41. The Morgan fingerprint density at radius 1 is 1.25 bits per heavy atom. The van der Waals surface area contributed by atoms with E-state index in [-0.39, 0.29) is 11.6 Å². The topological polar surface area (TPSA) is 54.8 Å². The molecule has 0 bridgehead atoms. The molecule has 0 aliphatic heterocycles. The van der Waals surface area contributed by atoms with Gasteiger partial charge in [-0.05, 0) is 18.2 Å². The molecule has 8 heteroatoms. The molecule has 108 valence electrons.